The lowest BCUT2D eigenvalue weighted by Gasteiger charge is -2.35. The molecule has 3 rings (SSSR count). The normalized spacial score (nSPS) is 26.6. The van der Waals surface area contributed by atoms with Crippen LogP contribution in [0.3, 0.4) is 0 Å². The second kappa shape index (κ2) is 7.47. The van der Waals surface area contributed by atoms with Crippen LogP contribution in [0.2, 0.25) is 0 Å². The van der Waals surface area contributed by atoms with Crippen molar-refractivity contribution in [3.05, 3.63) is 30.1 Å². The Morgan fingerprint density at radius 3 is 2.36 bits per heavy atom. The highest BCUT2D eigenvalue weighted by Crippen LogP contribution is 2.19. The van der Waals surface area contributed by atoms with Gasteiger partial charge in [-0.2, -0.15) is 0 Å². The summed E-state index contributed by atoms with van der Waals surface area (Å²) in [7, 11) is -3.16. The van der Waals surface area contributed by atoms with Crippen LogP contribution in [0.25, 0.3) is 0 Å². The number of nitrogens with zero attached hydrogens (tertiary/aromatic N) is 2. The van der Waals surface area contributed by atoms with E-state index in [0.29, 0.717) is 13.1 Å². The summed E-state index contributed by atoms with van der Waals surface area (Å²) in [6.07, 6.45) is 0. The van der Waals surface area contributed by atoms with Gasteiger partial charge in [0.2, 0.25) is 5.91 Å². The molecule has 25 heavy (non-hydrogen) atoms. The van der Waals surface area contributed by atoms with Gasteiger partial charge in [-0.1, -0.05) is 0 Å². The molecule has 1 aromatic carbocycles. The van der Waals surface area contributed by atoms with Gasteiger partial charge in [0.15, 0.2) is 9.84 Å². The lowest BCUT2D eigenvalue weighted by Crippen LogP contribution is -2.51. The van der Waals surface area contributed by atoms with Crippen molar-refractivity contribution in [3.8, 4) is 0 Å². The summed E-state index contributed by atoms with van der Waals surface area (Å²) >= 11 is 6.01. The minimum absolute atomic E-state index is 0.0875. The van der Waals surface area contributed by atoms with Crippen LogP contribution >= 0.6 is 11.6 Å². The van der Waals surface area contributed by atoms with Crippen molar-refractivity contribution in [1.82, 2.24) is 10.2 Å². The van der Waals surface area contributed by atoms with E-state index in [0.717, 1.165) is 18.8 Å². The Balaban J connectivity index is 1.46. The van der Waals surface area contributed by atoms with E-state index in [1.165, 1.54) is 12.1 Å². The Hall–Kier alpha value is -1.38. The van der Waals surface area contributed by atoms with Gasteiger partial charge in [0, 0.05) is 31.9 Å². The molecule has 6 nitrogen and oxygen atoms in total. The van der Waals surface area contributed by atoms with Crippen LogP contribution < -0.4 is 10.2 Å². The van der Waals surface area contributed by atoms with Crippen LogP contribution in [0.5, 0.6) is 0 Å². The average Bonchev–Trinajstić information content (AvgIpc) is 2.80. The molecule has 138 valence electrons. The molecule has 2 heterocycles. The van der Waals surface area contributed by atoms with E-state index >= 15 is 0 Å². The second-order valence-corrected chi connectivity index (χ2v) is 9.22. The molecule has 0 bridgehead atoms. The Labute approximate surface area is 151 Å². The first-order valence-corrected chi connectivity index (χ1v) is 10.4. The SMILES string of the molecule is O=C(CN1CCN(c2ccc(F)cc2)CC1)N[C@H]1CS(=O)(=O)C[C@H]1Cl. The van der Waals surface area contributed by atoms with E-state index in [1.807, 2.05) is 4.90 Å². The lowest BCUT2D eigenvalue weighted by atomic mass is 10.2. The number of amides is 1. The minimum Gasteiger partial charge on any atom is -0.369 e. The van der Waals surface area contributed by atoms with Gasteiger partial charge in [0.25, 0.3) is 0 Å². The van der Waals surface area contributed by atoms with Gasteiger partial charge < -0.3 is 10.2 Å². The Kier molecular flexibility index (Phi) is 5.50. The number of hydrogen-bond acceptors (Lipinski definition) is 5. The van der Waals surface area contributed by atoms with E-state index in [2.05, 4.69) is 10.2 Å². The van der Waals surface area contributed by atoms with Gasteiger partial charge in [0.1, 0.15) is 5.82 Å². The van der Waals surface area contributed by atoms with E-state index in [1.54, 1.807) is 12.1 Å². The fourth-order valence-electron chi connectivity index (χ4n) is 3.21. The van der Waals surface area contributed by atoms with Crippen molar-refractivity contribution in [2.24, 2.45) is 0 Å². The zero-order valence-corrected chi connectivity index (χ0v) is 15.3. The monoisotopic (exact) mass is 389 g/mol. The van der Waals surface area contributed by atoms with E-state index < -0.39 is 21.3 Å². The summed E-state index contributed by atoms with van der Waals surface area (Å²) in [5, 5.41) is 2.17. The standard InChI is InChI=1S/C16H21ClFN3O3S/c17-14-10-25(23,24)11-15(14)19-16(22)9-20-5-7-21(8-6-20)13-3-1-12(18)2-4-13/h1-4,14-15H,5-11H2,(H,19,22)/t14-,15+/m1/s1. The first-order valence-electron chi connectivity index (χ1n) is 8.19. The number of carbonyl (C=O) groups excluding carboxylic acids is 1. The molecule has 0 radical (unpaired) electrons. The average molecular weight is 390 g/mol. The van der Waals surface area contributed by atoms with Crippen molar-refractivity contribution in [1.29, 1.82) is 0 Å². The number of hydrogen-bond donors (Lipinski definition) is 1. The predicted octanol–water partition coefficient (Wildman–Crippen LogP) is 0.468. The molecule has 0 aromatic heterocycles. The molecular weight excluding hydrogens is 369 g/mol. The largest absolute Gasteiger partial charge is 0.369 e. The molecular formula is C16H21ClFN3O3S. The number of nitrogens with one attached hydrogen (secondary N) is 1. The first kappa shape index (κ1) is 18.4. The Morgan fingerprint density at radius 2 is 1.80 bits per heavy atom. The fourth-order valence-corrected chi connectivity index (χ4v) is 5.76. The van der Waals surface area contributed by atoms with Crippen LogP contribution in [-0.4, -0.2) is 74.9 Å². The number of anilines is 1. The van der Waals surface area contributed by atoms with Crippen molar-refractivity contribution in [3.63, 3.8) is 0 Å². The molecule has 1 N–H and O–H groups in total. The van der Waals surface area contributed by atoms with Gasteiger partial charge in [-0.25, -0.2) is 12.8 Å². The highest BCUT2D eigenvalue weighted by atomic mass is 35.5. The lowest BCUT2D eigenvalue weighted by molar-refractivity contribution is -0.122. The van der Waals surface area contributed by atoms with Crippen molar-refractivity contribution in [2.75, 3.05) is 49.1 Å². The summed E-state index contributed by atoms with van der Waals surface area (Å²) in [6.45, 7) is 3.12. The molecule has 1 amide bonds. The quantitative estimate of drug-likeness (QED) is 0.758. The zero-order chi connectivity index (χ0) is 18.0. The van der Waals surface area contributed by atoms with Crippen molar-refractivity contribution < 1.29 is 17.6 Å². The Bertz CT molecular complexity index is 721. The van der Waals surface area contributed by atoms with Gasteiger partial charge in [-0.15, -0.1) is 11.6 Å². The summed E-state index contributed by atoms with van der Waals surface area (Å²) in [5.41, 5.74) is 0.964. The van der Waals surface area contributed by atoms with Crippen LogP contribution in [-0.2, 0) is 14.6 Å². The van der Waals surface area contributed by atoms with Gasteiger partial charge >= 0.3 is 0 Å². The molecule has 2 atom stereocenters. The summed E-state index contributed by atoms with van der Waals surface area (Å²) in [5.74, 6) is -0.644. The van der Waals surface area contributed by atoms with E-state index in [4.69, 9.17) is 11.6 Å². The molecule has 2 saturated heterocycles. The molecule has 0 aliphatic carbocycles. The first-order chi connectivity index (χ1) is 11.8. The molecule has 1 aromatic rings. The third-order valence-corrected chi connectivity index (χ3v) is 6.94. The molecule has 2 aliphatic heterocycles. The highest BCUT2D eigenvalue weighted by Gasteiger charge is 2.37. The number of rotatable bonds is 4. The second-order valence-electron chi connectivity index (χ2n) is 6.51. The van der Waals surface area contributed by atoms with Crippen molar-refractivity contribution >= 4 is 33.0 Å². The number of alkyl halides is 1. The maximum absolute atomic E-state index is 13.0. The fraction of sp³-hybridized carbons (Fsp3) is 0.562. The smallest absolute Gasteiger partial charge is 0.234 e. The molecule has 9 heteroatoms. The van der Waals surface area contributed by atoms with Gasteiger partial charge in [-0.05, 0) is 24.3 Å². The summed E-state index contributed by atoms with van der Waals surface area (Å²) in [6, 6.07) is 5.86. The predicted molar refractivity (Wildman–Crippen MR) is 95.3 cm³/mol. The van der Waals surface area contributed by atoms with Crippen LogP contribution in [0, 0.1) is 5.82 Å². The van der Waals surface area contributed by atoms with Crippen molar-refractivity contribution in [2.45, 2.75) is 11.4 Å². The maximum Gasteiger partial charge on any atom is 0.234 e. The van der Waals surface area contributed by atoms with Crippen LogP contribution in [0.15, 0.2) is 24.3 Å². The molecule has 0 unspecified atom stereocenters. The maximum atomic E-state index is 13.0. The number of carbonyl (C=O) groups is 1. The van der Waals surface area contributed by atoms with Crippen LogP contribution in [0.1, 0.15) is 0 Å². The molecule has 2 aliphatic rings. The topological polar surface area (TPSA) is 69.7 Å². The summed E-state index contributed by atoms with van der Waals surface area (Å²) < 4.78 is 36.1. The molecule has 2 fully saturated rings. The number of halogens is 2. The van der Waals surface area contributed by atoms with E-state index in [-0.39, 0.29) is 29.8 Å². The third kappa shape index (κ3) is 4.83. The van der Waals surface area contributed by atoms with E-state index in [9.17, 15) is 17.6 Å². The number of sulfone groups is 1. The summed E-state index contributed by atoms with van der Waals surface area (Å²) in [4.78, 5) is 16.3. The number of benzene rings is 1. The van der Waals surface area contributed by atoms with Gasteiger partial charge in [0.05, 0.1) is 29.5 Å². The Morgan fingerprint density at radius 1 is 1.16 bits per heavy atom. The molecule has 0 spiro atoms. The van der Waals surface area contributed by atoms with Crippen LogP contribution in [0.4, 0.5) is 10.1 Å². The molecule has 0 saturated carbocycles. The highest BCUT2D eigenvalue weighted by molar-refractivity contribution is 7.91. The van der Waals surface area contributed by atoms with Gasteiger partial charge in [-0.3, -0.25) is 9.69 Å². The minimum atomic E-state index is -3.16. The zero-order valence-electron chi connectivity index (χ0n) is 13.7. The number of piperazine rings is 1. The third-order valence-electron chi connectivity index (χ3n) is 4.56.